The lowest BCUT2D eigenvalue weighted by Crippen LogP contribution is -2.29. The second-order valence-electron chi connectivity index (χ2n) is 10.3. The van der Waals surface area contributed by atoms with Crippen molar-refractivity contribution in [2.75, 3.05) is 0 Å². The predicted octanol–water partition coefficient (Wildman–Crippen LogP) is 6.45. The molecule has 4 rings (SSSR count). The van der Waals surface area contributed by atoms with Crippen molar-refractivity contribution in [2.24, 2.45) is 0 Å². The van der Waals surface area contributed by atoms with Gasteiger partial charge >= 0.3 is 0 Å². The number of hydrogen-bond acceptors (Lipinski definition) is 6. The Morgan fingerprint density at radius 1 is 0.875 bits per heavy atom. The van der Waals surface area contributed by atoms with E-state index in [0.29, 0.717) is 35.9 Å². The highest BCUT2D eigenvalue weighted by atomic mass is 16.5. The number of nitrogens with zero attached hydrogens (tertiary/aromatic N) is 4. The van der Waals surface area contributed by atoms with E-state index in [9.17, 15) is 9.90 Å². The van der Waals surface area contributed by atoms with Gasteiger partial charge < -0.3 is 9.84 Å². The normalized spacial score (nSPS) is 11.1. The van der Waals surface area contributed by atoms with Crippen LogP contribution in [-0.2, 0) is 32.3 Å². The van der Waals surface area contributed by atoms with Gasteiger partial charge in [-0.15, -0.1) is 0 Å². The summed E-state index contributed by atoms with van der Waals surface area (Å²) in [6.07, 6.45) is 9.78. The van der Waals surface area contributed by atoms with Crippen LogP contribution in [0.4, 0.5) is 0 Å². The minimum Gasteiger partial charge on any atom is -0.507 e. The summed E-state index contributed by atoms with van der Waals surface area (Å²) in [4.78, 5) is 27.8. The summed E-state index contributed by atoms with van der Waals surface area (Å²) in [5.41, 5.74) is 5.27. The number of aromatic nitrogens is 4. The molecule has 0 spiro atoms. The molecule has 40 heavy (non-hydrogen) atoms. The highest BCUT2D eigenvalue weighted by Crippen LogP contribution is 2.28. The van der Waals surface area contributed by atoms with Crippen LogP contribution < -0.4 is 10.3 Å². The van der Waals surface area contributed by atoms with E-state index >= 15 is 0 Å². The number of rotatable bonds is 13. The largest absolute Gasteiger partial charge is 0.507 e. The minimum atomic E-state index is -0.154. The van der Waals surface area contributed by atoms with Gasteiger partial charge in [-0.2, -0.15) is 0 Å². The first-order valence-corrected chi connectivity index (χ1v) is 14.4. The Morgan fingerprint density at radius 3 is 2.12 bits per heavy atom. The Bertz CT molecular complexity index is 1440. The smallest absolute Gasteiger partial charge is 0.264 e. The summed E-state index contributed by atoms with van der Waals surface area (Å²) in [5.74, 6) is 1.75. The van der Waals surface area contributed by atoms with Gasteiger partial charge in [-0.05, 0) is 54.9 Å². The molecule has 1 N–H and O–H groups in total. The average Bonchev–Trinajstić information content (AvgIpc) is 2.96. The first-order valence-electron chi connectivity index (χ1n) is 14.4. The van der Waals surface area contributed by atoms with Crippen LogP contribution in [0.3, 0.4) is 0 Å². The van der Waals surface area contributed by atoms with Gasteiger partial charge in [0, 0.05) is 12.0 Å². The Labute approximate surface area is 237 Å². The molecule has 0 bridgehead atoms. The zero-order valence-corrected chi connectivity index (χ0v) is 24.1. The molecule has 2 aromatic carbocycles. The fourth-order valence-corrected chi connectivity index (χ4v) is 4.98. The molecule has 0 saturated carbocycles. The maximum atomic E-state index is 14.0. The summed E-state index contributed by atoms with van der Waals surface area (Å²) in [7, 11) is 0. The van der Waals surface area contributed by atoms with Crippen LogP contribution in [0.5, 0.6) is 11.5 Å². The van der Waals surface area contributed by atoms with Gasteiger partial charge in [0.15, 0.2) is 5.75 Å². The first kappa shape index (κ1) is 29.0. The zero-order valence-electron chi connectivity index (χ0n) is 24.1. The van der Waals surface area contributed by atoms with E-state index in [-0.39, 0.29) is 11.5 Å². The van der Waals surface area contributed by atoms with E-state index < -0.39 is 0 Å². The number of benzene rings is 2. The number of aryl methyl sites for hydroxylation is 4. The average molecular weight is 541 g/mol. The molecule has 0 fully saturated rings. The molecule has 7 heteroatoms. The molecule has 0 atom stereocenters. The SMILES string of the molecule is CCCCc1nc(C)n(-c2ncc(OCc3ccccc3)cn2)c(=O)c1Cc1cc(CCC)c(O)c(CCC)c1. The monoisotopic (exact) mass is 540 g/mol. The second kappa shape index (κ2) is 13.9. The summed E-state index contributed by atoms with van der Waals surface area (Å²) in [6.45, 7) is 8.58. The van der Waals surface area contributed by atoms with Crippen molar-refractivity contribution in [1.29, 1.82) is 0 Å². The molecule has 0 aliphatic heterocycles. The maximum absolute atomic E-state index is 14.0. The maximum Gasteiger partial charge on any atom is 0.264 e. The topological polar surface area (TPSA) is 90.1 Å². The third-order valence-corrected chi connectivity index (χ3v) is 7.01. The Kier molecular flexibility index (Phi) is 10.1. The van der Waals surface area contributed by atoms with E-state index in [2.05, 4.69) is 30.7 Å². The summed E-state index contributed by atoms with van der Waals surface area (Å²) >= 11 is 0. The van der Waals surface area contributed by atoms with E-state index in [1.807, 2.05) is 49.4 Å². The van der Waals surface area contributed by atoms with Crippen LogP contribution in [0, 0.1) is 6.92 Å². The molecule has 0 amide bonds. The van der Waals surface area contributed by atoms with Gasteiger partial charge in [-0.3, -0.25) is 4.79 Å². The van der Waals surface area contributed by atoms with Crippen LogP contribution in [-0.4, -0.2) is 24.6 Å². The first-order chi connectivity index (χ1) is 19.4. The van der Waals surface area contributed by atoms with Crippen LogP contribution >= 0.6 is 0 Å². The second-order valence-corrected chi connectivity index (χ2v) is 10.3. The Morgan fingerprint density at radius 2 is 1.52 bits per heavy atom. The molecule has 0 unspecified atom stereocenters. The minimum absolute atomic E-state index is 0.154. The third kappa shape index (κ3) is 6.95. The van der Waals surface area contributed by atoms with Crippen molar-refractivity contribution in [1.82, 2.24) is 19.5 Å². The number of aromatic hydroxyl groups is 1. The molecule has 0 aliphatic rings. The van der Waals surface area contributed by atoms with E-state index in [4.69, 9.17) is 9.72 Å². The molecule has 210 valence electrons. The highest BCUT2D eigenvalue weighted by molar-refractivity contribution is 5.46. The molecule has 0 aliphatic carbocycles. The number of ether oxygens (including phenoxy) is 1. The van der Waals surface area contributed by atoms with Crippen LogP contribution in [0.2, 0.25) is 0 Å². The van der Waals surface area contributed by atoms with E-state index in [0.717, 1.165) is 72.9 Å². The lowest BCUT2D eigenvalue weighted by Gasteiger charge is -2.16. The van der Waals surface area contributed by atoms with Crippen molar-refractivity contribution in [3.8, 4) is 17.4 Å². The quantitative estimate of drug-likeness (QED) is 0.209. The van der Waals surface area contributed by atoms with E-state index in [1.54, 1.807) is 12.4 Å². The standard InChI is InChI=1S/C33H40N4O3/c1-5-8-16-30-29(19-25-17-26(12-6-2)31(38)27(18-25)13-7-3)32(39)37(23(4)36-30)33-34-20-28(21-35-33)40-22-24-14-10-9-11-15-24/h9-11,14-15,17-18,20-21,38H,5-8,12-13,16,19,22H2,1-4H3. The zero-order chi connectivity index (χ0) is 28.5. The van der Waals surface area contributed by atoms with Gasteiger partial charge in [0.25, 0.3) is 5.56 Å². The lowest BCUT2D eigenvalue weighted by molar-refractivity contribution is 0.303. The number of unbranched alkanes of at least 4 members (excludes halogenated alkanes) is 1. The van der Waals surface area contributed by atoms with Crippen molar-refractivity contribution >= 4 is 0 Å². The van der Waals surface area contributed by atoms with Gasteiger partial charge in [0.2, 0.25) is 5.95 Å². The molecule has 0 saturated heterocycles. The number of phenols is 1. The fraction of sp³-hybridized carbons (Fsp3) is 0.394. The van der Waals surface area contributed by atoms with Crippen molar-refractivity contribution in [2.45, 2.75) is 85.7 Å². The van der Waals surface area contributed by atoms with Gasteiger partial charge in [0.1, 0.15) is 18.2 Å². The molecule has 2 heterocycles. The molecule has 0 radical (unpaired) electrons. The Balaban J connectivity index is 1.70. The van der Waals surface area contributed by atoms with Crippen molar-refractivity contribution in [3.05, 3.63) is 105 Å². The number of phenolic OH excluding ortho intramolecular Hbond substituents is 1. The molecule has 2 aromatic heterocycles. The summed E-state index contributed by atoms with van der Waals surface area (Å²) < 4.78 is 7.32. The van der Waals surface area contributed by atoms with Gasteiger partial charge in [-0.25, -0.2) is 19.5 Å². The van der Waals surface area contributed by atoms with Gasteiger partial charge in [0.05, 0.1) is 18.1 Å². The molecular weight excluding hydrogens is 500 g/mol. The highest BCUT2D eigenvalue weighted by Gasteiger charge is 2.19. The fourth-order valence-electron chi connectivity index (χ4n) is 4.98. The molecular formula is C33H40N4O3. The number of hydrogen-bond donors (Lipinski definition) is 1. The van der Waals surface area contributed by atoms with Crippen LogP contribution in [0.1, 0.15) is 85.8 Å². The van der Waals surface area contributed by atoms with E-state index in [1.165, 1.54) is 4.57 Å². The van der Waals surface area contributed by atoms with Crippen molar-refractivity contribution < 1.29 is 9.84 Å². The Hall–Kier alpha value is -4.00. The lowest BCUT2D eigenvalue weighted by atomic mass is 9.94. The van der Waals surface area contributed by atoms with Crippen molar-refractivity contribution in [3.63, 3.8) is 0 Å². The van der Waals surface area contributed by atoms with Crippen LogP contribution in [0.25, 0.3) is 5.95 Å². The summed E-state index contributed by atoms with van der Waals surface area (Å²) in [5, 5.41) is 10.8. The molecule has 4 aromatic rings. The summed E-state index contributed by atoms with van der Waals surface area (Å²) in [6, 6.07) is 14.0. The predicted molar refractivity (Wildman–Crippen MR) is 158 cm³/mol. The van der Waals surface area contributed by atoms with Crippen LogP contribution in [0.15, 0.2) is 59.7 Å². The third-order valence-electron chi connectivity index (χ3n) is 7.01. The van der Waals surface area contributed by atoms with Gasteiger partial charge in [-0.1, -0.05) is 82.5 Å². The molecule has 7 nitrogen and oxygen atoms in total.